The van der Waals surface area contributed by atoms with Gasteiger partial charge >= 0.3 is 41.7 Å². The van der Waals surface area contributed by atoms with Crippen molar-refractivity contribution in [3.05, 3.63) is 82.2 Å². The number of aliphatic carboxylic acids is 1. The first kappa shape index (κ1) is 28.2. The molecule has 0 saturated carbocycles. The molecule has 1 fully saturated rings. The summed E-state index contributed by atoms with van der Waals surface area (Å²) in [4.78, 5) is 49.6. The van der Waals surface area contributed by atoms with Crippen molar-refractivity contribution in [1.29, 1.82) is 0 Å². The van der Waals surface area contributed by atoms with Gasteiger partial charge in [0.1, 0.15) is 6.61 Å². The normalized spacial score (nSPS) is 17.4. The monoisotopic (exact) mass is 522 g/mol. The van der Waals surface area contributed by atoms with E-state index in [0.29, 0.717) is 23.1 Å². The van der Waals surface area contributed by atoms with Crippen molar-refractivity contribution in [2.75, 3.05) is 6.61 Å². The van der Waals surface area contributed by atoms with Gasteiger partial charge in [-0.25, -0.2) is 4.79 Å². The summed E-state index contributed by atoms with van der Waals surface area (Å²) in [5.74, 6) is -3.46. The number of halogens is 3. The number of nitrogens with one attached hydrogen (secondary N) is 2. The van der Waals surface area contributed by atoms with Crippen molar-refractivity contribution in [2.24, 2.45) is 0 Å². The molecule has 37 heavy (non-hydrogen) atoms. The SMILES string of the molecule is O=C([O-])/C=C\C(=O)OCC1C[C@@H](c2ccc3cc(-c4ccccc4C(F)(F)F)[nH]c(=O)c3c2)C(=O)N1.[Na+]. The van der Waals surface area contributed by atoms with Gasteiger partial charge in [-0.3, -0.25) is 9.59 Å². The number of pyridine rings is 1. The van der Waals surface area contributed by atoms with Crippen LogP contribution in [0.2, 0.25) is 0 Å². The Morgan fingerprint density at radius 2 is 1.81 bits per heavy atom. The van der Waals surface area contributed by atoms with Gasteiger partial charge in [-0.2, -0.15) is 13.2 Å². The van der Waals surface area contributed by atoms with Gasteiger partial charge in [0, 0.05) is 22.7 Å². The van der Waals surface area contributed by atoms with E-state index in [4.69, 9.17) is 4.74 Å². The second-order valence-electron chi connectivity index (χ2n) is 8.18. The number of fused-ring (bicyclic) bond motifs is 1. The molecule has 2 atom stereocenters. The minimum absolute atomic E-state index is 0. The summed E-state index contributed by atoms with van der Waals surface area (Å²) in [6.45, 7) is -0.186. The van der Waals surface area contributed by atoms with Gasteiger partial charge in [0.25, 0.3) is 5.56 Å². The maximum atomic E-state index is 13.4. The molecule has 1 aromatic heterocycles. The molecule has 0 aliphatic carbocycles. The van der Waals surface area contributed by atoms with E-state index in [9.17, 15) is 37.5 Å². The van der Waals surface area contributed by atoms with E-state index in [-0.39, 0.29) is 65.1 Å². The molecule has 0 bridgehead atoms. The Balaban J connectivity index is 0.00000380. The van der Waals surface area contributed by atoms with Gasteiger partial charge in [0.15, 0.2) is 0 Å². The zero-order chi connectivity index (χ0) is 26.0. The third-order valence-corrected chi connectivity index (χ3v) is 5.76. The van der Waals surface area contributed by atoms with Gasteiger partial charge in [-0.1, -0.05) is 30.3 Å². The molecular formula is C25H18F3N2NaO6. The van der Waals surface area contributed by atoms with Crippen molar-refractivity contribution in [1.82, 2.24) is 10.3 Å². The van der Waals surface area contributed by atoms with Crippen molar-refractivity contribution < 1.29 is 67.0 Å². The molecule has 0 radical (unpaired) electrons. The van der Waals surface area contributed by atoms with Crippen LogP contribution in [0.25, 0.3) is 22.0 Å². The quantitative estimate of drug-likeness (QED) is 0.244. The summed E-state index contributed by atoms with van der Waals surface area (Å²) in [6, 6.07) is 10.5. The fraction of sp³-hybridized carbons (Fsp3) is 0.200. The molecule has 2 aromatic carbocycles. The number of carbonyl (C=O) groups is 3. The van der Waals surface area contributed by atoms with Crippen LogP contribution in [-0.2, 0) is 25.3 Å². The Morgan fingerprint density at radius 3 is 2.51 bits per heavy atom. The minimum Gasteiger partial charge on any atom is -0.545 e. The Bertz CT molecular complexity index is 1450. The predicted octanol–water partition coefficient (Wildman–Crippen LogP) is -0.961. The van der Waals surface area contributed by atoms with Crippen LogP contribution >= 0.6 is 0 Å². The van der Waals surface area contributed by atoms with Crippen LogP contribution < -0.4 is 45.5 Å². The Labute approximate surface area is 229 Å². The number of benzene rings is 2. The standard InChI is InChI=1S/C25H19F3N2O6.Na/c26-25(27,28)19-4-2-1-3-16(19)20-10-14-6-5-13(9-17(14)24(35)30-20)18-11-15(29-23(18)34)12-36-22(33)8-7-21(31)32;/h1-10,15,18H,11-12H2,(H,29,34)(H,30,35)(H,31,32);/q;+1/p-1/b8-7-;/t15?,18-;/m0./s1. The topological polar surface area (TPSA) is 128 Å². The molecule has 1 aliphatic heterocycles. The maximum Gasteiger partial charge on any atom is 1.00 e. The number of rotatable bonds is 6. The number of aromatic nitrogens is 1. The predicted molar refractivity (Wildman–Crippen MR) is 119 cm³/mol. The molecule has 1 aliphatic rings. The largest absolute Gasteiger partial charge is 1.00 e. The summed E-state index contributed by atoms with van der Waals surface area (Å²) in [5, 5.41) is 13.6. The van der Waals surface area contributed by atoms with Crippen molar-refractivity contribution in [3.63, 3.8) is 0 Å². The number of H-pyrrole nitrogens is 1. The smallest absolute Gasteiger partial charge is 0.545 e. The molecule has 4 rings (SSSR count). The number of carboxylic acid groups (broad SMARTS) is 1. The Kier molecular flexibility index (Phi) is 8.62. The van der Waals surface area contributed by atoms with Gasteiger partial charge in [0.2, 0.25) is 5.91 Å². The number of amides is 1. The maximum absolute atomic E-state index is 13.4. The molecule has 12 heteroatoms. The van der Waals surface area contributed by atoms with E-state index in [1.165, 1.54) is 30.3 Å². The molecule has 2 N–H and O–H groups in total. The van der Waals surface area contributed by atoms with Crippen molar-refractivity contribution in [2.45, 2.75) is 24.6 Å². The number of carboxylic acids is 1. The molecule has 186 valence electrons. The number of carbonyl (C=O) groups excluding carboxylic acids is 3. The van der Waals surface area contributed by atoms with E-state index < -0.39 is 41.2 Å². The number of aromatic amines is 1. The minimum atomic E-state index is -4.60. The average molecular weight is 522 g/mol. The fourth-order valence-corrected chi connectivity index (χ4v) is 4.12. The number of hydrogen-bond acceptors (Lipinski definition) is 6. The summed E-state index contributed by atoms with van der Waals surface area (Å²) in [7, 11) is 0. The average Bonchev–Trinajstić information content (AvgIpc) is 3.21. The molecule has 0 spiro atoms. The van der Waals surface area contributed by atoms with Crippen LogP contribution in [0.4, 0.5) is 13.2 Å². The van der Waals surface area contributed by atoms with Crippen LogP contribution in [0, 0.1) is 0 Å². The third kappa shape index (κ3) is 6.48. The third-order valence-electron chi connectivity index (χ3n) is 5.76. The van der Waals surface area contributed by atoms with Gasteiger partial charge in [0.05, 0.1) is 23.5 Å². The summed E-state index contributed by atoms with van der Waals surface area (Å²) >= 11 is 0. The number of esters is 1. The van der Waals surface area contributed by atoms with Gasteiger partial charge < -0.3 is 24.9 Å². The number of alkyl halides is 3. The molecular weight excluding hydrogens is 504 g/mol. The molecule has 2 heterocycles. The zero-order valence-electron chi connectivity index (χ0n) is 19.4. The van der Waals surface area contributed by atoms with Gasteiger partial charge in [-0.15, -0.1) is 0 Å². The second-order valence-corrected chi connectivity index (χ2v) is 8.18. The molecule has 1 saturated heterocycles. The fourth-order valence-electron chi connectivity index (χ4n) is 4.12. The summed E-state index contributed by atoms with van der Waals surface area (Å²) in [5.41, 5.74) is -1.11. The van der Waals surface area contributed by atoms with E-state index in [0.717, 1.165) is 6.07 Å². The molecule has 8 nitrogen and oxygen atoms in total. The van der Waals surface area contributed by atoms with E-state index in [2.05, 4.69) is 10.3 Å². The van der Waals surface area contributed by atoms with Crippen LogP contribution in [-0.4, -0.2) is 35.5 Å². The van der Waals surface area contributed by atoms with Crippen molar-refractivity contribution in [3.8, 4) is 11.3 Å². The first-order chi connectivity index (χ1) is 17.0. The Hall–Kier alpha value is -3.41. The summed E-state index contributed by atoms with van der Waals surface area (Å²) in [6.07, 6.45) is -3.13. The first-order valence-electron chi connectivity index (χ1n) is 10.7. The molecule has 1 unspecified atom stereocenters. The van der Waals surface area contributed by atoms with Crippen LogP contribution in [0.15, 0.2) is 65.5 Å². The Morgan fingerprint density at radius 1 is 1.08 bits per heavy atom. The number of ether oxygens (including phenoxy) is 1. The van der Waals surface area contributed by atoms with Crippen molar-refractivity contribution >= 4 is 28.6 Å². The van der Waals surface area contributed by atoms with E-state index >= 15 is 0 Å². The van der Waals surface area contributed by atoms with Crippen LogP contribution in [0.1, 0.15) is 23.5 Å². The second kappa shape index (κ2) is 11.3. The van der Waals surface area contributed by atoms with Crippen LogP contribution in [0.3, 0.4) is 0 Å². The van der Waals surface area contributed by atoms with E-state index in [1.54, 1.807) is 12.1 Å². The first-order valence-corrected chi connectivity index (χ1v) is 10.7. The van der Waals surface area contributed by atoms with Gasteiger partial charge in [-0.05, 0) is 41.6 Å². The summed E-state index contributed by atoms with van der Waals surface area (Å²) < 4.78 is 45.2. The van der Waals surface area contributed by atoms with E-state index in [1.807, 2.05) is 0 Å². The number of hydrogen-bond donors (Lipinski definition) is 2. The van der Waals surface area contributed by atoms with Crippen LogP contribution in [0.5, 0.6) is 0 Å². The molecule has 3 aromatic rings. The molecule has 1 amide bonds. The zero-order valence-corrected chi connectivity index (χ0v) is 21.4.